The summed E-state index contributed by atoms with van der Waals surface area (Å²) >= 11 is 5.71. The number of pyridine rings is 1. The van der Waals surface area contributed by atoms with Gasteiger partial charge in [-0.1, -0.05) is 23.4 Å². The lowest BCUT2D eigenvalue weighted by molar-refractivity contribution is -0.123. The number of hydrogen-bond acceptors (Lipinski definition) is 5. The van der Waals surface area contributed by atoms with Crippen LogP contribution < -0.4 is 11.1 Å². The fraction of sp³-hybridized carbons (Fsp3) is 0.167. The van der Waals surface area contributed by atoms with Crippen molar-refractivity contribution in [2.45, 2.75) is 6.04 Å². The topological polar surface area (TPSA) is 105 Å². The number of aliphatic hydroxyl groups is 1. The number of rotatable bonds is 5. The molecule has 1 amide bonds. The largest absolute Gasteiger partial charge is 0.388 e. The highest BCUT2D eigenvalue weighted by Gasteiger charge is 2.18. The standard InChI is InChI=1S/C18H16ClN3O3/c19-17-8-5-13(10-21-17)2-1-12-3-6-14(7-4-12)18(25)22-15(9-20)16(24)11-23/h3-8,10,15,23H,9,11,20H2,(H,22,25)/t15-/m0/s1. The molecule has 7 heteroatoms. The van der Waals surface area contributed by atoms with Gasteiger partial charge in [-0.15, -0.1) is 0 Å². The number of amides is 1. The molecule has 4 N–H and O–H groups in total. The third-order valence-electron chi connectivity index (χ3n) is 3.31. The average molecular weight is 358 g/mol. The molecule has 2 aromatic rings. The summed E-state index contributed by atoms with van der Waals surface area (Å²) in [7, 11) is 0. The molecule has 1 atom stereocenters. The molecule has 0 spiro atoms. The van der Waals surface area contributed by atoms with Crippen LogP contribution in [0.15, 0.2) is 42.6 Å². The summed E-state index contributed by atoms with van der Waals surface area (Å²) in [4.78, 5) is 27.5. The molecular weight excluding hydrogens is 342 g/mol. The number of nitrogens with one attached hydrogen (secondary N) is 1. The molecule has 128 valence electrons. The van der Waals surface area contributed by atoms with Crippen molar-refractivity contribution in [2.75, 3.05) is 13.2 Å². The van der Waals surface area contributed by atoms with Crippen LogP contribution in [0.25, 0.3) is 0 Å². The highest BCUT2D eigenvalue weighted by atomic mass is 35.5. The van der Waals surface area contributed by atoms with Gasteiger partial charge < -0.3 is 16.2 Å². The zero-order chi connectivity index (χ0) is 18.2. The van der Waals surface area contributed by atoms with Crippen molar-refractivity contribution in [3.8, 4) is 11.8 Å². The van der Waals surface area contributed by atoms with Crippen molar-refractivity contribution in [3.63, 3.8) is 0 Å². The van der Waals surface area contributed by atoms with E-state index in [-0.39, 0.29) is 6.54 Å². The number of benzene rings is 1. The lowest BCUT2D eigenvalue weighted by Crippen LogP contribution is -2.46. The lowest BCUT2D eigenvalue weighted by atomic mass is 10.1. The minimum atomic E-state index is -0.908. The van der Waals surface area contributed by atoms with Crippen LogP contribution in [0.1, 0.15) is 21.5 Å². The van der Waals surface area contributed by atoms with Gasteiger partial charge in [0.1, 0.15) is 17.8 Å². The van der Waals surface area contributed by atoms with E-state index in [9.17, 15) is 9.59 Å². The summed E-state index contributed by atoms with van der Waals surface area (Å²) in [5.74, 6) is 4.92. The first-order valence-corrected chi connectivity index (χ1v) is 7.79. The Bertz CT molecular complexity index is 808. The zero-order valence-electron chi connectivity index (χ0n) is 13.2. The molecule has 0 saturated heterocycles. The van der Waals surface area contributed by atoms with Crippen molar-refractivity contribution < 1.29 is 14.7 Å². The molecule has 0 aliphatic carbocycles. The van der Waals surface area contributed by atoms with E-state index in [0.717, 1.165) is 5.56 Å². The summed E-state index contributed by atoms with van der Waals surface area (Å²) in [5.41, 5.74) is 7.23. The second-order valence-corrected chi connectivity index (χ2v) is 5.47. The smallest absolute Gasteiger partial charge is 0.251 e. The summed E-state index contributed by atoms with van der Waals surface area (Å²) in [6.45, 7) is -0.750. The maximum absolute atomic E-state index is 12.1. The van der Waals surface area contributed by atoms with Crippen LogP contribution in [-0.4, -0.2) is 41.0 Å². The molecule has 1 heterocycles. The molecule has 0 bridgehead atoms. The Morgan fingerprint density at radius 3 is 2.36 bits per heavy atom. The third-order valence-corrected chi connectivity index (χ3v) is 3.53. The number of ketones is 1. The first kappa shape index (κ1) is 18.6. The Balaban J connectivity index is 2.05. The second kappa shape index (κ2) is 8.94. The molecule has 0 radical (unpaired) electrons. The van der Waals surface area contributed by atoms with Gasteiger partial charge >= 0.3 is 0 Å². The Morgan fingerprint density at radius 1 is 1.16 bits per heavy atom. The third kappa shape index (κ3) is 5.40. The fourth-order valence-electron chi connectivity index (χ4n) is 1.92. The van der Waals surface area contributed by atoms with Crippen LogP contribution in [0, 0.1) is 11.8 Å². The lowest BCUT2D eigenvalue weighted by Gasteiger charge is -2.14. The van der Waals surface area contributed by atoms with Crippen molar-refractivity contribution in [2.24, 2.45) is 5.73 Å². The van der Waals surface area contributed by atoms with Crippen molar-refractivity contribution in [1.82, 2.24) is 10.3 Å². The molecule has 0 aliphatic rings. The number of nitrogens with zero attached hydrogens (tertiary/aromatic N) is 1. The quantitative estimate of drug-likeness (QED) is 0.541. The van der Waals surface area contributed by atoms with Gasteiger partial charge in [0.15, 0.2) is 5.78 Å². The Labute approximate surface area is 150 Å². The van der Waals surface area contributed by atoms with E-state index in [1.54, 1.807) is 42.6 Å². The number of hydrogen-bond donors (Lipinski definition) is 3. The maximum Gasteiger partial charge on any atom is 0.251 e. The molecule has 25 heavy (non-hydrogen) atoms. The predicted octanol–water partition coefficient (Wildman–Crippen LogP) is 0.753. The highest BCUT2D eigenvalue weighted by molar-refractivity contribution is 6.29. The number of carbonyl (C=O) groups is 2. The monoisotopic (exact) mass is 357 g/mol. The fourth-order valence-corrected chi connectivity index (χ4v) is 2.03. The molecule has 0 unspecified atom stereocenters. The zero-order valence-corrected chi connectivity index (χ0v) is 14.0. The highest BCUT2D eigenvalue weighted by Crippen LogP contribution is 2.06. The van der Waals surface area contributed by atoms with E-state index >= 15 is 0 Å². The second-order valence-electron chi connectivity index (χ2n) is 5.08. The Morgan fingerprint density at radius 2 is 1.80 bits per heavy atom. The predicted molar refractivity (Wildman–Crippen MR) is 94.1 cm³/mol. The molecular formula is C18H16ClN3O3. The van der Waals surface area contributed by atoms with Gasteiger partial charge in [-0.3, -0.25) is 9.59 Å². The van der Waals surface area contributed by atoms with E-state index in [1.165, 1.54) is 0 Å². The molecule has 2 rings (SSSR count). The van der Waals surface area contributed by atoms with Gasteiger partial charge in [0.25, 0.3) is 5.91 Å². The van der Waals surface area contributed by atoms with Gasteiger partial charge in [0.2, 0.25) is 0 Å². The molecule has 1 aromatic carbocycles. The van der Waals surface area contributed by atoms with Crippen LogP contribution in [0.2, 0.25) is 5.15 Å². The van der Waals surface area contributed by atoms with E-state index in [2.05, 4.69) is 22.1 Å². The van der Waals surface area contributed by atoms with Crippen LogP contribution >= 0.6 is 11.6 Å². The van der Waals surface area contributed by atoms with Crippen LogP contribution in [0.4, 0.5) is 0 Å². The van der Waals surface area contributed by atoms with E-state index in [4.69, 9.17) is 22.4 Å². The normalized spacial score (nSPS) is 11.2. The Kier molecular flexibility index (Phi) is 6.66. The molecule has 6 nitrogen and oxygen atoms in total. The number of halogens is 1. The summed E-state index contributed by atoms with van der Waals surface area (Å²) in [6.07, 6.45) is 1.57. The number of nitrogens with two attached hydrogens (primary N) is 1. The summed E-state index contributed by atoms with van der Waals surface area (Å²) < 4.78 is 0. The van der Waals surface area contributed by atoms with Gasteiger partial charge in [0, 0.05) is 29.4 Å². The van der Waals surface area contributed by atoms with E-state index < -0.39 is 24.3 Å². The molecule has 1 aromatic heterocycles. The van der Waals surface area contributed by atoms with Gasteiger partial charge in [-0.05, 0) is 36.4 Å². The summed E-state index contributed by atoms with van der Waals surface area (Å²) in [6, 6.07) is 9.07. The molecule has 0 fully saturated rings. The average Bonchev–Trinajstić information content (AvgIpc) is 2.65. The van der Waals surface area contributed by atoms with E-state index in [0.29, 0.717) is 16.3 Å². The van der Waals surface area contributed by atoms with Crippen LogP contribution in [0.3, 0.4) is 0 Å². The first-order chi connectivity index (χ1) is 12.0. The molecule has 0 aliphatic heterocycles. The number of aliphatic hydroxyl groups excluding tert-OH is 1. The van der Waals surface area contributed by atoms with Gasteiger partial charge in [0.05, 0.1) is 0 Å². The van der Waals surface area contributed by atoms with Crippen LogP contribution in [0.5, 0.6) is 0 Å². The number of Topliss-reactive ketones (excluding diaryl/α,β-unsaturated/α-hetero) is 1. The van der Waals surface area contributed by atoms with E-state index in [1.807, 2.05) is 0 Å². The van der Waals surface area contributed by atoms with Crippen LogP contribution in [-0.2, 0) is 4.79 Å². The Hall–Kier alpha value is -2.72. The number of carbonyl (C=O) groups excluding carboxylic acids is 2. The SMILES string of the molecule is NC[C@H](NC(=O)c1ccc(C#Cc2ccc(Cl)nc2)cc1)C(=O)CO. The first-order valence-electron chi connectivity index (χ1n) is 7.41. The molecule has 0 saturated carbocycles. The summed E-state index contributed by atoms with van der Waals surface area (Å²) in [5, 5.41) is 11.7. The van der Waals surface area contributed by atoms with Crippen molar-refractivity contribution in [3.05, 3.63) is 64.4 Å². The van der Waals surface area contributed by atoms with Gasteiger partial charge in [-0.2, -0.15) is 0 Å². The maximum atomic E-state index is 12.1. The number of aromatic nitrogens is 1. The van der Waals surface area contributed by atoms with Gasteiger partial charge in [-0.25, -0.2) is 4.98 Å². The minimum Gasteiger partial charge on any atom is -0.388 e. The minimum absolute atomic E-state index is 0.0795. The van der Waals surface area contributed by atoms with Crippen molar-refractivity contribution >= 4 is 23.3 Å². The van der Waals surface area contributed by atoms with Crippen molar-refractivity contribution in [1.29, 1.82) is 0 Å².